The van der Waals surface area contributed by atoms with Crippen LogP contribution in [0.15, 0.2) is 0 Å². The fourth-order valence-electron chi connectivity index (χ4n) is 0.0227. The summed E-state index contributed by atoms with van der Waals surface area (Å²) >= 11 is -1.59. The Bertz CT molecular complexity index is 94.2. The van der Waals surface area contributed by atoms with Crippen LogP contribution in [0.2, 0.25) is 0 Å². The Labute approximate surface area is 67.5 Å². The van der Waals surface area contributed by atoms with Crippen LogP contribution in [0.3, 0.4) is 0 Å². The molecule has 0 aliphatic heterocycles. The third-order valence-corrected chi connectivity index (χ3v) is 9.04. The molecule has 0 saturated heterocycles. The van der Waals surface area contributed by atoms with E-state index in [9.17, 15) is 11.2 Å². The summed E-state index contributed by atoms with van der Waals surface area (Å²) < 4.78 is 36.6. The van der Waals surface area contributed by atoms with Gasteiger partial charge in [-0.2, -0.15) is 0 Å². The molecule has 49 valence electrons. The maximum absolute atomic E-state index is 9.87. The molecule has 0 rings (SSSR count). The molecule has 0 aromatic rings. The van der Waals surface area contributed by atoms with E-state index in [-0.39, 0.29) is 12.3 Å². The normalized spacial score (nSPS) is 5.12. The van der Waals surface area contributed by atoms with Crippen LogP contribution in [-0.4, -0.2) is 12.8 Å². The van der Waals surface area contributed by atoms with E-state index in [4.69, 9.17) is 3.83 Å². The first-order chi connectivity index (χ1) is 3.81. The monoisotopic (exact) mass is 277 g/mol. The van der Waals surface area contributed by atoms with Crippen molar-refractivity contribution >= 4 is 12.8 Å². The first-order valence-corrected chi connectivity index (χ1v) is 14.7. The number of rotatable bonds is 2. The van der Waals surface area contributed by atoms with Crippen LogP contribution in [0, 0.1) is 0 Å². The Hall–Kier alpha value is 1.38. The van der Waals surface area contributed by atoms with Gasteiger partial charge in [-0.15, -0.1) is 0 Å². The number of hydrogen-bond donors (Lipinski definition) is 0. The molecule has 0 unspecified atom stereocenters. The van der Waals surface area contributed by atoms with Gasteiger partial charge in [0.1, 0.15) is 0 Å². The van der Waals surface area contributed by atoms with Crippen LogP contribution in [-0.2, 0) is 55.3 Å². The molecule has 0 aliphatic rings. The molecule has 0 aliphatic carbocycles. The van der Waals surface area contributed by atoms with Gasteiger partial charge in [0.05, 0.1) is 0 Å². The molecule has 8 heavy (non-hydrogen) atoms. The van der Waals surface area contributed by atoms with Crippen molar-refractivity contribution in [2.24, 2.45) is 0 Å². The summed E-state index contributed by atoms with van der Waals surface area (Å²) in [6.45, 7) is 0. The van der Waals surface area contributed by atoms with Gasteiger partial charge >= 0.3 is 68.1 Å². The third kappa shape index (κ3) is 10.4. The molecule has 8 heteroatoms. The van der Waals surface area contributed by atoms with E-state index in [2.05, 4.69) is 15.9 Å². The zero-order chi connectivity index (χ0) is 6.99. The predicted molar refractivity (Wildman–Crippen MR) is 8.50 cm³/mol. The molecular weight excluding hydrogens is 279 g/mol. The summed E-state index contributed by atoms with van der Waals surface area (Å²) in [6, 6.07) is 0. The van der Waals surface area contributed by atoms with E-state index in [0.717, 1.165) is 0 Å². The van der Waals surface area contributed by atoms with Gasteiger partial charge in [-0.1, -0.05) is 0 Å². The van der Waals surface area contributed by atoms with Crippen molar-refractivity contribution in [2.75, 3.05) is 0 Å². The van der Waals surface area contributed by atoms with Crippen molar-refractivity contribution in [2.45, 2.75) is 0 Å². The molecule has 0 aromatic carbocycles. The van der Waals surface area contributed by atoms with Gasteiger partial charge in [-0.05, 0) is 0 Å². The van der Waals surface area contributed by atoms with Crippen molar-refractivity contribution in [3.8, 4) is 0 Å². The summed E-state index contributed by atoms with van der Waals surface area (Å²) in [5.74, 6) is 0. The van der Waals surface area contributed by atoms with Crippen molar-refractivity contribution in [3.63, 3.8) is 0 Å². The zero-order valence-corrected chi connectivity index (χ0v) is 9.66. The van der Waals surface area contributed by atoms with Gasteiger partial charge in [-0.3, -0.25) is 0 Å². The second-order valence-corrected chi connectivity index (χ2v) is 18.1. The van der Waals surface area contributed by atoms with Crippen molar-refractivity contribution in [1.29, 1.82) is 0 Å². The maximum atomic E-state index is 9.87. The Balaban J connectivity index is 0. The van der Waals surface area contributed by atoms with Gasteiger partial charge in [0, 0.05) is 0 Å². The molecule has 0 fully saturated rings. The molecule has 0 aromatic heterocycles. The second-order valence-electron chi connectivity index (χ2n) is 0.662. The molecule has 0 atom stereocenters. The molecule has 0 N–H and O–H groups in total. The Morgan fingerprint density at radius 2 is 1.88 bits per heavy atom. The SMILES string of the molecule is [O]=[Al][Zn](=[O])[Co]=[O].[O]=[Cu]. The second kappa shape index (κ2) is 11.2. The van der Waals surface area contributed by atoms with Crippen LogP contribution >= 0.6 is 0 Å². The van der Waals surface area contributed by atoms with Crippen LogP contribution < -0.4 is 0 Å². The molecule has 0 amide bonds. The molecule has 0 heterocycles. The van der Waals surface area contributed by atoms with E-state index < -0.39 is 24.8 Å². The summed E-state index contributed by atoms with van der Waals surface area (Å²) in [5, 5.41) is 0. The molecular formula is AlCoCuO4Zn. The quantitative estimate of drug-likeness (QED) is 0.616. The average molecular weight is 279 g/mol. The first kappa shape index (κ1) is 12.1. The summed E-state index contributed by atoms with van der Waals surface area (Å²) in [6.07, 6.45) is 0. The average Bonchev–Trinajstić information content (AvgIpc) is 1.91. The first-order valence-electron chi connectivity index (χ1n) is 1.43. The topological polar surface area (TPSA) is 68.3 Å². The zero-order valence-electron chi connectivity index (χ0n) is 3.55. The molecule has 0 saturated carbocycles. The van der Waals surface area contributed by atoms with Crippen LogP contribution in [0.1, 0.15) is 0 Å². The van der Waals surface area contributed by atoms with Gasteiger partial charge in [0.2, 0.25) is 0 Å². The van der Waals surface area contributed by atoms with Gasteiger partial charge in [-0.25, -0.2) is 0 Å². The van der Waals surface area contributed by atoms with E-state index in [1.54, 1.807) is 0 Å². The summed E-state index contributed by atoms with van der Waals surface area (Å²) in [7, 11) is 0. The summed E-state index contributed by atoms with van der Waals surface area (Å²) in [5.41, 5.74) is 0. The van der Waals surface area contributed by atoms with E-state index in [1.165, 1.54) is 0 Å². The van der Waals surface area contributed by atoms with Crippen molar-refractivity contribution in [3.05, 3.63) is 0 Å². The standard InChI is InChI=1S/Al.Co.Cu.4O.Zn. The predicted octanol–water partition coefficient (Wildman–Crippen LogP) is -0.863. The van der Waals surface area contributed by atoms with E-state index in [1.807, 2.05) is 0 Å². The minimum absolute atomic E-state index is 0.320. The van der Waals surface area contributed by atoms with Crippen LogP contribution in [0.25, 0.3) is 0 Å². The van der Waals surface area contributed by atoms with Gasteiger partial charge < -0.3 is 0 Å². The number of hydrogen-bond acceptors (Lipinski definition) is 4. The molecule has 0 bridgehead atoms. The minimum atomic E-state index is -3.02. The van der Waals surface area contributed by atoms with Crippen molar-refractivity contribution in [1.82, 2.24) is 0 Å². The molecule has 0 spiro atoms. The molecule has 4 nitrogen and oxygen atoms in total. The van der Waals surface area contributed by atoms with Gasteiger partial charge in [0.25, 0.3) is 0 Å². The molecule has 0 radical (unpaired) electrons. The third-order valence-electron chi connectivity index (χ3n) is 0.218. The Morgan fingerprint density at radius 3 is 1.88 bits per heavy atom. The fraction of sp³-hybridized carbons (Fsp3) is 0. The van der Waals surface area contributed by atoms with Crippen molar-refractivity contribution < 1.29 is 55.3 Å². The Morgan fingerprint density at radius 1 is 1.50 bits per heavy atom. The van der Waals surface area contributed by atoms with Gasteiger partial charge in [0.15, 0.2) is 0 Å². The van der Waals surface area contributed by atoms with Crippen LogP contribution in [0.5, 0.6) is 0 Å². The summed E-state index contributed by atoms with van der Waals surface area (Å²) in [4.78, 5) is 0. The Kier molecular flexibility index (Phi) is 17.0. The fourth-order valence-corrected chi connectivity index (χ4v) is 1.46. The van der Waals surface area contributed by atoms with E-state index >= 15 is 0 Å². The van der Waals surface area contributed by atoms with Crippen LogP contribution in [0.4, 0.5) is 0 Å². The van der Waals surface area contributed by atoms with E-state index in [0.29, 0.717) is 0 Å².